The van der Waals surface area contributed by atoms with Gasteiger partial charge in [-0.05, 0) is 90.8 Å². The molecule has 4 aromatic rings. The number of aromatic hydroxyl groups is 1. The van der Waals surface area contributed by atoms with Crippen LogP contribution in [0.2, 0.25) is 15.1 Å². The number of ether oxygens (including phenoxy) is 1. The molecule has 3 saturated heterocycles. The first kappa shape index (κ1) is 38.6. The Balaban J connectivity index is 1.12. The van der Waals surface area contributed by atoms with E-state index in [0.717, 1.165) is 30.2 Å². The Labute approximate surface area is 351 Å². The predicted octanol–water partition coefficient (Wildman–Crippen LogP) is 8.01. The molecule has 10 nitrogen and oxygen atoms in total. The Morgan fingerprint density at radius 1 is 0.828 bits per heavy atom. The van der Waals surface area contributed by atoms with Crippen LogP contribution in [0.15, 0.2) is 103 Å². The van der Waals surface area contributed by atoms with Crippen LogP contribution in [0.5, 0.6) is 11.5 Å². The molecular weight excluding hydrogens is 799 g/mol. The molecule has 4 aromatic carbocycles. The van der Waals surface area contributed by atoms with Crippen LogP contribution in [0.25, 0.3) is 0 Å². The standard InChI is InChI=1S/C45H41Cl3N4O6/c1-58-30-11-7-26(8-12-30)45-35(42(55)52(44(45)57)49-38-16-9-27(46)21-37(38)48)23-34-31(40(45)32-13-10-29(53)22-36(32)47)14-15-33-39(34)43(56)51(41(33)54)28-17-19-50(20-18-28)24-25-5-3-2-4-6-25/h2-14,16,21-22,28,33-35,39-40,49,53H,15,17-20,23-24H2,1H3. The summed E-state index contributed by atoms with van der Waals surface area (Å²) in [4.78, 5) is 63.6. The molecule has 0 radical (unpaired) electrons. The second kappa shape index (κ2) is 15.1. The summed E-state index contributed by atoms with van der Waals surface area (Å²) in [5.74, 6) is -4.68. The number of methoxy groups -OCH3 is 1. The average Bonchev–Trinajstić information content (AvgIpc) is 3.60. The zero-order valence-corrected chi connectivity index (χ0v) is 33.9. The van der Waals surface area contributed by atoms with Gasteiger partial charge in [0.15, 0.2) is 0 Å². The topological polar surface area (TPSA) is 119 Å². The summed E-state index contributed by atoms with van der Waals surface area (Å²) < 4.78 is 5.49. The van der Waals surface area contributed by atoms with Crippen LogP contribution < -0.4 is 10.2 Å². The average molecular weight is 840 g/mol. The lowest BCUT2D eigenvalue weighted by Gasteiger charge is -2.50. The minimum atomic E-state index is -1.57. The number of likely N-dealkylation sites (tertiary alicyclic amines) is 2. The van der Waals surface area contributed by atoms with E-state index >= 15 is 9.59 Å². The van der Waals surface area contributed by atoms with Crippen LogP contribution in [0.4, 0.5) is 5.69 Å². The van der Waals surface area contributed by atoms with Gasteiger partial charge in [0.2, 0.25) is 11.8 Å². The number of benzene rings is 4. The molecule has 2 N–H and O–H groups in total. The molecule has 0 bridgehead atoms. The number of amides is 4. The lowest BCUT2D eigenvalue weighted by atomic mass is 9.49. The molecule has 5 aliphatic rings. The number of piperidine rings is 1. The van der Waals surface area contributed by atoms with Crippen molar-refractivity contribution in [2.75, 3.05) is 25.6 Å². The molecule has 6 unspecified atom stereocenters. The molecule has 1 saturated carbocycles. The summed E-state index contributed by atoms with van der Waals surface area (Å²) in [5, 5.41) is 12.3. The number of nitrogens with zero attached hydrogens (tertiary/aromatic N) is 3. The van der Waals surface area contributed by atoms with Gasteiger partial charge in [-0.2, -0.15) is 5.01 Å². The molecule has 6 atom stereocenters. The third kappa shape index (κ3) is 6.19. The maximum atomic E-state index is 15.5. The van der Waals surface area contributed by atoms with E-state index in [1.165, 1.54) is 28.7 Å². The number of rotatable bonds is 8. The number of hydrogen-bond donors (Lipinski definition) is 2. The first-order chi connectivity index (χ1) is 28.0. The number of phenolic OH excluding ortho intramolecular Hbond substituents is 1. The van der Waals surface area contributed by atoms with Gasteiger partial charge in [0.05, 0.1) is 41.0 Å². The van der Waals surface area contributed by atoms with Gasteiger partial charge in [-0.3, -0.25) is 34.4 Å². The zero-order chi connectivity index (χ0) is 40.5. The molecule has 58 heavy (non-hydrogen) atoms. The van der Waals surface area contributed by atoms with Gasteiger partial charge < -0.3 is 9.84 Å². The number of fused-ring (bicyclic) bond motifs is 4. The van der Waals surface area contributed by atoms with E-state index in [4.69, 9.17) is 39.5 Å². The Bertz CT molecular complexity index is 2350. The first-order valence-electron chi connectivity index (χ1n) is 19.6. The number of nitrogens with one attached hydrogen (secondary N) is 1. The molecule has 4 fully saturated rings. The quantitative estimate of drug-likeness (QED) is 0.135. The maximum absolute atomic E-state index is 15.5. The highest BCUT2D eigenvalue weighted by atomic mass is 35.5. The largest absolute Gasteiger partial charge is 0.508 e. The molecule has 4 amide bonds. The zero-order valence-electron chi connectivity index (χ0n) is 31.6. The van der Waals surface area contributed by atoms with Gasteiger partial charge in [-0.15, -0.1) is 0 Å². The molecule has 2 aliphatic carbocycles. The number of halogens is 3. The third-order valence-electron chi connectivity index (χ3n) is 13.1. The van der Waals surface area contributed by atoms with E-state index in [2.05, 4.69) is 22.5 Å². The Kier molecular flexibility index (Phi) is 10.0. The molecule has 13 heteroatoms. The van der Waals surface area contributed by atoms with Crippen molar-refractivity contribution in [3.63, 3.8) is 0 Å². The van der Waals surface area contributed by atoms with E-state index in [0.29, 0.717) is 46.8 Å². The number of anilines is 1. The van der Waals surface area contributed by atoms with Crippen LogP contribution in [0.3, 0.4) is 0 Å². The highest BCUT2D eigenvalue weighted by Crippen LogP contribution is 2.65. The number of carbonyl (C=O) groups is 4. The van der Waals surface area contributed by atoms with Gasteiger partial charge in [0.25, 0.3) is 11.8 Å². The first-order valence-corrected chi connectivity index (χ1v) is 20.7. The molecular formula is C45H41Cl3N4O6. The van der Waals surface area contributed by atoms with E-state index in [-0.39, 0.29) is 40.1 Å². The van der Waals surface area contributed by atoms with E-state index in [1.807, 2.05) is 24.3 Å². The van der Waals surface area contributed by atoms with Gasteiger partial charge in [-0.1, -0.05) is 95.0 Å². The summed E-state index contributed by atoms with van der Waals surface area (Å²) in [6.45, 7) is 2.31. The lowest BCUT2D eigenvalue weighted by molar-refractivity contribution is -0.144. The Hall–Kier alpha value is -4.87. The minimum absolute atomic E-state index is 0.0645. The van der Waals surface area contributed by atoms with Crippen molar-refractivity contribution in [2.24, 2.45) is 23.7 Å². The number of imide groups is 2. The van der Waals surface area contributed by atoms with Crippen molar-refractivity contribution in [1.82, 2.24) is 14.8 Å². The summed E-state index contributed by atoms with van der Waals surface area (Å²) in [5.41, 5.74) is 4.80. The second-order valence-corrected chi connectivity index (χ2v) is 17.2. The number of allylic oxidation sites excluding steroid dienone is 2. The predicted molar refractivity (Wildman–Crippen MR) is 220 cm³/mol. The van der Waals surface area contributed by atoms with Crippen molar-refractivity contribution in [2.45, 2.75) is 49.6 Å². The van der Waals surface area contributed by atoms with Gasteiger partial charge in [0.1, 0.15) is 11.5 Å². The van der Waals surface area contributed by atoms with Crippen molar-refractivity contribution >= 4 is 64.1 Å². The Morgan fingerprint density at radius 2 is 1.57 bits per heavy atom. The second-order valence-electron chi connectivity index (χ2n) is 16.0. The summed E-state index contributed by atoms with van der Waals surface area (Å²) in [7, 11) is 1.55. The van der Waals surface area contributed by atoms with Crippen molar-refractivity contribution in [3.8, 4) is 11.5 Å². The molecule has 3 aliphatic heterocycles. The van der Waals surface area contributed by atoms with Crippen LogP contribution in [0.1, 0.15) is 48.3 Å². The van der Waals surface area contributed by atoms with Gasteiger partial charge in [0, 0.05) is 41.6 Å². The van der Waals surface area contributed by atoms with E-state index < -0.39 is 46.8 Å². The van der Waals surface area contributed by atoms with Crippen molar-refractivity contribution < 1.29 is 29.0 Å². The Morgan fingerprint density at radius 3 is 2.26 bits per heavy atom. The van der Waals surface area contributed by atoms with Crippen LogP contribution in [0, 0.1) is 23.7 Å². The molecule has 9 rings (SSSR count). The molecule has 298 valence electrons. The highest BCUT2D eigenvalue weighted by Gasteiger charge is 2.70. The lowest BCUT2D eigenvalue weighted by Crippen LogP contribution is -2.53. The summed E-state index contributed by atoms with van der Waals surface area (Å²) in [6.07, 6.45) is 3.77. The minimum Gasteiger partial charge on any atom is -0.508 e. The van der Waals surface area contributed by atoms with Crippen molar-refractivity contribution in [1.29, 1.82) is 0 Å². The fourth-order valence-electron chi connectivity index (χ4n) is 10.5. The normalized spacial score (nSPS) is 27.3. The smallest absolute Gasteiger partial charge is 0.260 e. The van der Waals surface area contributed by atoms with Crippen molar-refractivity contribution in [3.05, 3.63) is 134 Å². The number of hydrogen-bond acceptors (Lipinski definition) is 8. The number of carbonyl (C=O) groups excluding carboxylic acids is 4. The van der Waals surface area contributed by atoms with E-state index in [9.17, 15) is 14.7 Å². The van der Waals surface area contributed by atoms with Gasteiger partial charge in [-0.25, -0.2) is 0 Å². The summed E-state index contributed by atoms with van der Waals surface area (Å²) in [6, 6.07) is 26.4. The van der Waals surface area contributed by atoms with Crippen LogP contribution >= 0.6 is 34.8 Å². The molecule has 0 aromatic heterocycles. The molecule has 0 spiro atoms. The fraction of sp³-hybridized carbons (Fsp3) is 0.333. The van der Waals surface area contributed by atoms with Crippen LogP contribution in [-0.4, -0.2) is 69.8 Å². The monoisotopic (exact) mass is 838 g/mol. The highest BCUT2D eigenvalue weighted by molar-refractivity contribution is 6.36. The van der Waals surface area contributed by atoms with Gasteiger partial charge >= 0.3 is 0 Å². The SMILES string of the molecule is COc1ccc(C23C(=O)N(Nc4ccc(Cl)cc4Cl)C(=O)C2CC2C(=CCC4C(=O)N(C5CCN(Cc6ccccc6)CC5)C(=O)C42)C3c2ccc(O)cc2Cl)cc1. The fourth-order valence-corrected chi connectivity index (χ4v) is 11.2. The summed E-state index contributed by atoms with van der Waals surface area (Å²) >= 11 is 19.8. The molecule has 3 heterocycles. The van der Waals surface area contributed by atoms with Crippen LogP contribution in [-0.2, 0) is 31.1 Å². The number of phenols is 1. The third-order valence-corrected chi connectivity index (χ3v) is 14.0. The maximum Gasteiger partial charge on any atom is 0.260 e. The van der Waals surface area contributed by atoms with E-state index in [1.54, 1.807) is 49.6 Å². The number of hydrazine groups is 1.